The molecule has 2 unspecified atom stereocenters. The van der Waals surface area contributed by atoms with Crippen LogP contribution in [0.25, 0.3) is 10.9 Å². The summed E-state index contributed by atoms with van der Waals surface area (Å²) in [5.74, 6) is -0.226. The Morgan fingerprint density at radius 2 is 1.89 bits per heavy atom. The molecule has 1 aromatic carbocycles. The van der Waals surface area contributed by atoms with Gasteiger partial charge in [0.2, 0.25) is 0 Å². The van der Waals surface area contributed by atoms with E-state index >= 15 is 0 Å². The summed E-state index contributed by atoms with van der Waals surface area (Å²) >= 11 is 0. The molecule has 1 saturated carbocycles. The number of H-pyrrole nitrogens is 1. The minimum atomic E-state index is -0.539. The monoisotopic (exact) mass is 478 g/mol. The van der Waals surface area contributed by atoms with E-state index in [1.165, 1.54) is 13.1 Å². The molecular formula is C25H30N6O4. The molecule has 2 fully saturated rings. The number of nitrogens with one attached hydrogen (secondary N) is 3. The first-order valence-corrected chi connectivity index (χ1v) is 11.8. The van der Waals surface area contributed by atoms with Gasteiger partial charge in [-0.1, -0.05) is 12.1 Å². The molecular weight excluding hydrogens is 448 g/mol. The normalized spacial score (nSPS) is 21.0. The van der Waals surface area contributed by atoms with Crippen LogP contribution < -0.4 is 10.6 Å². The van der Waals surface area contributed by atoms with Crippen LogP contribution in [0.15, 0.2) is 36.5 Å². The quantitative estimate of drug-likeness (QED) is 0.520. The lowest BCUT2D eigenvalue weighted by atomic mass is 10.1. The summed E-state index contributed by atoms with van der Waals surface area (Å²) in [7, 11) is 1.53. The van der Waals surface area contributed by atoms with E-state index in [1.54, 1.807) is 9.58 Å². The molecule has 10 heteroatoms. The van der Waals surface area contributed by atoms with E-state index in [-0.39, 0.29) is 41.5 Å². The van der Waals surface area contributed by atoms with E-state index < -0.39 is 5.60 Å². The number of aromatic nitrogens is 3. The van der Waals surface area contributed by atoms with Crippen LogP contribution in [0.5, 0.6) is 0 Å². The fourth-order valence-electron chi connectivity index (χ4n) is 4.85. The highest BCUT2D eigenvalue weighted by Gasteiger charge is 2.58. The minimum Gasteiger partial charge on any atom is -0.444 e. The number of fused-ring (bicyclic) bond motifs is 2. The average Bonchev–Trinajstić information content (AvgIpc) is 3.30. The first-order valence-electron chi connectivity index (χ1n) is 11.8. The Hall–Kier alpha value is -3.82. The molecule has 35 heavy (non-hydrogen) atoms. The number of nitrogens with zero attached hydrogens (tertiary/aromatic N) is 3. The molecule has 1 aliphatic carbocycles. The van der Waals surface area contributed by atoms with E-state index in [4.69, 9.17) is 4.74 Å². The summed E-state index contributed by atoms with van der Waals surface area (Å²) in [6.45, 7) is 7.00. The lowest BCUT2D eigenvalue weighted by molar-refractivity contribution is 0.0269. The predicted octanol–water partition coefficient (Wildman–Crippen LogP) is 2.37. The summed E-state index contributed by atoms with van der Waals surface area (Å²) in [4.78, 5) is 42.7. The number of likely N-dealkylation sites (tertiary alicyclic amines) is 1. The Kier molecular flexibility index (Phi) is 5.53. The molecule has 0 bridgehead atoms. The molecule has 10 nitrogen and oxygen atoms in total. The van der Waals surface area contributed by atoms with E-state index in [2.05, 4.69) is 20.7 Å². The number of piperidine rings is 1. The van der Waals surface area contributed by atoms with Crippen molar-refractivity contribution in [3.05, 3.63) is 53.5 Å². The fraction of sp³-hybridized carbons (Fsp3) is 0.440. The van der Waals surface area contributed by atoms with Crippen molar-refractivity contribution >= 4 is 28.8 Å². The van der Waals surface area contributed by atoms with Gasteiger partial charge in [0.1, 0.15) is 11.3 Å². The van der Waals surface area contributed by atoms with Gasteiger partial charge in [0.15, 0.2) is 5.69 Å². The number of carbonyl (C=O) groups is 3. The van der Waals surface area contributed by atoms with Crippen LogP contribution >= 0.6 is 0 Å². The topological polar surface area (TPSA) is 121 Å². The summed E-state index contributed by atoms with van der Waals surface area (Å²) in [6.07, 6.45) is 1.55. The van der Waals surface area contributed by atoms with Gasteiger partial charge in [-0.3, -0.25) is 14.3 Å². The zero-order valence-electron chi connectivity index (χ0n) is 20.3. The van der Waals surface area contributed by atoms with Crippen LogP contribution in [0, 0.1) is 11.8 Å². The van der Waals surface area contributed by atoms with Crippen molar-refractivity contribution in [1.82, 2.24) is 30.3 Å². The van der Waals surface area contributed by atoms with E-state index in [1.807, 2.05) is 51.2 Å². The second-order valence-corrected chi connectivity index (χ2v) is 10.2. The van der Waals surface area contributed by atoms with Crippen LogP contribution in [-0.4, -0.2) is 69.4 Å². The molecule has 0 spiro atoms. The second-order valence-electron chi connectivity index (χ2n) is 10.2. The molecule has 1 saturated heterocycles. The molecule has 1 aliphatic heterocycles. The van der Waals surface area contributed by atoms with Gasteiger partial charge >= 0.3 is 6.09 Å². The molecule has 184 valence electrons. The van der Waals surface area contributed by atoms with Crippen LogP contribution in [0.1, 0.15) is 47.3 Å². The van der Waals surface area contributed by atoms with Crippen LogP contribution in [0.3, 0.4) is 0 Å². The van der Waals surface area contributed by atoms with Gasteiger partial charge in [-0.15, -0.1) is 0 Å². The van der Waals surface area contributed by atoms with Gasteiger partial charge in [0, 0.05) is 61.2 Å². The molecule has 3 heterocycles. The molecule has 5 rings (SSSR count). The number of aromatic amines is 1. The maximum Gasteiger partial charge on any atom is 0.410 e. The number of amides is 3. The largest absolute Gasteiger partial charge is 0.444 e. The highest BCUT2D eigenvalue weighted by atomic mass is 16.6. The van der Waals surface area contributed by atoms with E-state index in [0.29, 0.717) is 25.3 Å². The van der Waals surface area contributed by atoms with E-state index in [0.717, 1.165) is 16.5 Å². The Balaban J connectivity index is 1.30. The molecule has 0 radical (unpaired) electrons. The Morgan fingerprint density at radius 3 is 2.57 bits per heavy atom. The van der Waals surface area contributed by atoms with Crippen molar-refractivity contribution in [3.8, 4) is 0 Å². The van der Waals surface area contributed by atoms with Crippen molar-refractivity contribution in [2.75, 3.05) is 20.1 Å². The predicted molar refractivity (Wildman–Crippen MR) is 129 cm³/mol. The van der Waals surface area contributed by atoms with Gasteiger partial charge in [-0.25, -0.2) is 4.79 Å². The standard InChI is InChI=1S/C25H30N6O4/c1-25(2,3)35-24(34)30-12-16-17(13-30)21(16)28-23(33)20-10-19(22(32)26-4)29-31(20)11-14-6-5-7-18-15(14)8-9-27-18/h5-10,16-17,21,27H,11-13H2,1-4H3,(H,26,32)(H,28,33). The molecule has 2 atom stereocenters. The number of carbonyl (C=O) groups excluding carboxylic acids is 3. The van der Waals surface area contributed by atoms with Crippen LogP contribution in [0.4, 0.5) is 4.79 Å². The van der Waals surface area contributed by atoms with Crippen molar-refractivity contribution in [3.63, 3.8) is 0 Å². The van der Waals surface area contributed by atoms with Gasteiger partial charge in [0.05, 0.1) is 6.54 Å². The maximum absolute atomic E-state index is 13.3. The van der Waals surface area contributed by atoms with Crippen molar-refractivity contribution in [2.24, 2.45) is 11.8 Å². The number of rotatable bonds is 5. The lowest BCUT2D eigenvalue weighted by Crippen LogP contribution is -2.40. The number of hydrogen-bond donors (Lipinski definition) is 3. The fourth-order valence-corrected chi connectivity index (χ4v) is 4.85. The van der Waals surface area contributed by atoms with E-state index in [9.17, 15) is 14.4 Å². The zero-order valence-corrected chi connectivity index (χ0v) is 20.3. The van der Waals surface area contributed by atoms with Gasteiger partial charge in [-0.05, 0) is 38.5 Å². The van der Waals surface area contributed by atoms with Crippen molar-refractivity contribution < 1.29 is 19.1 Å². The van der Waals surface area contributed by atoms with Gasteiger partial charge in [-0.2, -0.15) is 5.10 Å². The summed E-state index contributed by atoms with van der Waals surface area (Å²) < 4.78 is 7.03. The summed E-state index contributed by atoms with van der Waals surface area (Å²) in [6, 6.07) is 9.40. The summed E-state index contributed by atoms with van der Waals surface area (Å²) in [5.41, 5.74) is 1.95. The summed E-state index contributed by atoms with van der Waals surface area (Å²) in [5, 5.41) is 11.1. The second kappa shape index (κ2) is 8.44. The number of benzene rings is 1. The van der Waals surface area contributed by atoms with Crippen LogP contribution in [0.2, 0.25) is 0 Å². The highest BCUT2D eigenvalue weighted by Crippen LogP contribution is 2.46. The highest BCUT2D eigenvalue weighted by molar-refractivity contribution is 5.98. The average molecular weight is 479 g/mol. The number of hydrogen-bond acceptors (Lipinski definition) is 5. The third-order valence-electron chi connectivity index (χ3n) is 6.62. The molecule has 3 aromatic rings. The SMILES string of the molecule is CNC(=O)c1cc(C(=O)NC2C3CN(C(=O)OC(C)(C)C)CC32)n(Cc2cccc3[nH]ccc23)n1. The third-order valence-corrected chi connectivity index (χ3v) is 6.62. The molecule has 3 N–H and O–H groups in total. The molecule has 3 amide bonds. The maximum atomic E-state index is 13.3. The Morgan fingerprint density at radius 1 is 1.14 bits per heavy atom. The first-order chi connectivity index (χ1) is 16.6. The number of ether oxygens (including phenoxy) is 1. The first kappa shape index (κ1) is 22.9. The lowest BCUT2D eigenvalue weighted by Gasteiger charge is -2.26. The smallest absolute Gasteiger partial charge is 0.410 e. The molecule has 2 aromatic heterocycles. The third kappa shape index (κ3) is 4.48. The zero-order chi connectivity index (χ0) is 24.9. The van der Waals surface area contributed by atoms with Crippen molar-refractivity contribution in [1.29, 1.82) is 0 Å². The Bertz CT molecular complexity index is 1290. The van der Waals surface area contributed by atoms with Gasteiger partial charge in [0.25, 0.3) is 11.8 Å². The minimum absolute atomic E-state index is 0.0129. The van der Waals surface area contributed by atoms with Crippen LogP contribution in [-0.2, 0) is 11.3 Å². The van der Waals surface area contributed by atoms with Crippen molar-refractivity contribution in [2.45, 2.75) is 39.0 Å². The molecule has 2 aliphatic rings. The Labute approximate surface area is 203 Å². The van der Waals surface area contributed by atoms with Gasteiger partial charge < -0.3 is 25.3 Å².